The smallest absolute Gasteiger partial charge is 0.0624 e. The van der Waals surface area contributed by atoms with Crippen LogP contribution in [0, 0.1) is 0 Å². The van der Waals surface area contributed by atoms with Crippen molar-refractivity contribution in [1.29, 1.82) is 0 Å². The van der Waals surface area contributed by atoms with E-state index in [9.17, 15) is 0 Å². The molecule has 0 saturated heterocycles. The van der Waals surface area contributed by atoms with Crippen molar-refractivity contribution in [1.82, 2.24) is 0 Å². The number of rotatable bonds is 2. The maximum absolute atomic E-state index is 8.96. The highest BCUT2D eigenvalue weighted by Gasteiger charge is 2.16. The summed E-state index contributed by atoms with van der Waals surface area (Å²) in [7, 11) is 0. The minimum absolute atomic E-state index is 0.0326. The number of benzene rings is 1. The molecule has 0 aliphatic heterocycles. The molecule has 76 valence electrons. The molecule has 3 heteroatoms. The summed E-state index contributed by atoms with van der Waals surface area (Å²) in [5, 5.41) is 9.76. The van der Waals surface area contributed by atoms with Gasteiger partial charge in [0.25, 0.3) is 0 Å². The first-order chi connectivity index (χ1) is 6.72. The molecule has 2 nitrogen and oxygen atoms in total. The van der Waals surface area contributed by atoms with E-state index >= 15 is 0 Å². The quantitative estimate of drug-likeness (QED) is 0.784. The van der Waals surface area contributed by atoms with Gasteiger partial charge in [-0.3, -0.25) is 0 Å². The van der Waals surface area contributed by atoms with E-state index in [4.69, 9.17) is 22.4 Å². The number of nitrogens with two attached hydrogens (primary N) is 1. The lowest BCUT2D eigenvalue weighted by atomic mass is 10.0. The van der Waals surface area contributed by atoms with E-state index in [2.05, 4.69) is 6.07 Å². The molecule has 0 bridgehead atoms. The van der Waals surface area contributed by atoms with Gasteiger partial charge in [-0.1, -0.05) is 17.7 Å². The van der Waals surface area contributed by atoms with Crippen molar-refractivity contribution >= 4 is 11.6 Å². The molecular formula is C11H14ClNO. The van der Waals surface area contributed by atoms with Gasteiger partial charge in [0.1, 0.15) is 0 Å². The highest BCUT2D eigenvalue weighted by Crippen LogP contribution is 2.31. The predicted molar refractivity (Wildman–Crippen MR) is 57.5 cm³/mol. The number of aliphatic hydroxyl groups excluding tert-OH is 1. The standard InChI is InChI=1S/C11H14ClNO/c12-10-5-8(11(13)6-14)4-7-2-1-3-9(7)10/h4-5,11,14H,1-3,6,13H2/t11-/m1/s1. The Morgan fingerprint density at radius 3 is 2.93 bits per heavy atom. The van der Waals surface area contributed by atoms with Crippen LogP contribution in [0.25, 0.3) is 0 Å². The summed E-state index contributed by atoms with van der Waals surface area (Å²) in [6, 6.07) is 3.65. The van der Waals surface area contributed by atoms with E-state index < -0.39 is 0 Å². The molecule has 0 amide bonds. The zero-order valence-electron chi connectivity index (χ0n) is 7.96. The minimum Gasteiger partial charge on any atom is -0.394 e. The van der Waals surface area contributed by atoms with E-state index in [1.807, 2.05) is 6.07 Å². The molecular weight excluding hydrogens is 198 g/mol. The van der Waals surface area contributed by atoms with Gasteiger partial charge in [-0.25, -0.2) is 0 Å². The molecule has 0 radical (unpaired) electrons. The van der Waals surface area contributed by atoms with Gasteiger partial charge in [-0.05, 0) is 42.0 Å². The van der Waals surface area contributed by atoms with Crippen LogP contribution in [0.2, 0.25) is 5.02 Å². The van der Waals surface area contributed by atoms with Gasteiger partial charge < -0.3 is 10.8 Å². The van der Waals surface area contributed by atoms with Crippen LogP contribution >= 0.6 is 11.6 Å². The van der Waals surface area contributed by atoms with Crippen molar-refractivity contribution in [3.8, 4) is 0 Å². The summed E-state index contributed by atoms with van der Waals surface area (Å²) in [4.78, 5) is 0. The summed E-state index contributed by atoms with van der Waals surface area (Å²) < 4.78 is 0. The largest absolute Gasteiger partial charge is 0.394 e. The molecule has 3 N–H and O–H groups in total. The number of fused-ring (bicyclic) bond motifs is 1. The third-order valence-corrected chi connectivity index (χ3v) is 3.15. The second-order valence-electron chi connectivity index (χ2n) is 3.78. The number of hydrogen-bond donors (Lipinski definition) is 2. The van der Waals surface area contributed by atoms with Crippen molar-refractivity contribution in [2.24, 2.45) is 5.73 Å². The van der Waals surface area contributed by atoms with Gasteiger partial charge in [-0.2, -0.15) is 0 Å². The highest BCUT2D eigenvalue weighted by molar-refractivity contribution is 6.31. The SMILES string of the molecule is N[C@H](CO)c1cc(Cl)c2c(c1)CCC2. The van der Waals surface area contributed by atoms with Crippen molar-refractivity contribution in [3.63, 3.8) is 0 Å². The molecule has 1 aromatic carbocycles. The van der Waals surface area contributed by atoms with Crippen LogP contribution in [0.5, 0.6) is 0 Å². The molecule has 0 heterocycles. The minimum atomic E-state index is -0.307. The van der Waals surface area contributed by atoms with Crippen molar-refractivity contribution in [3.05, 3.63) is 33.8 Å². The molecule has 0 aromatic heterocycles. The first-order valence-corrected chi connectivity index (χ1v) is 5.28. The van der Waals surface area contributed by atoms with Gasteiger partial charge in [0.15, 0.2) is 0 Å². The van der Waals surface area contributed by atoms with Crippen molar-refractivity contribution < 1.29 is 5.11 Å². The van der Waals surface area contributed by atoms with Crippen LogP contribution < -0.4 is 5.73 Å². The Kier molecular flexibility index (Phi) is 2.77. The monoisotopic (exact) mass is 211 g/mol. The van der Waals surface area contributed by atoms with Gasteiger partial charge in [0.05, 0.1) is 12.6 Å². The Hall–Kier alpha value is -0.570. The zero-order valence-corrected chi connectivity index (χ0v) is 8.72. The number of hydrogen-bond acceptors (Lipinski definition) is 2. The van der Waals surface area contributed by atoms with E-state index in [1.165, 1.54) is 17.5 Å². The van der Waals surface area contributed by atoms with Crippen molar-refractivity contribution in [2.75, 3.05) is 6.61 Å². The first kappa shape index (κ1) is 9.97. The fraction of sp³-hybridized carbons (Fsp3) is 0.455. The molecule has 14 heavy (non-hydrogen) atoms. The molecule has 0 spiro atoms. The topological polar surface area (TPSA) is 46.2 Å². The normalized spacial score (nSPS) is 16.8. The van der Waals surface area contributed by atoms with Crippen LogP contribution in [0.4, 0.5) is 0 Å². The summed E-state index contributed by atoms with van der Waals surface area (Å²) in [5.41, 5.74) is 9.26. The first-order valence-electron chi connectivity index (χ1n) is 4.90. The summed E-state index contributed by atoms with van der Waals surface area (Å²) in [6.07, 6.45) is 3.33. The Morgan fingerprint density at radius 1 is 1.43 bits per heavy atom. The maximum Gasteiger partial charge on any atom is 0.0624 e. The molecule has 2 rings (SSSR count). The third kappa shape index (κ3) is 1.65. The van der Waals surface area contributed by atoms with Gasteiger partial charge in [0.2, 0.25) is 0 Å². The maximum atomic E-state index is 8.96. The number of aliphatic hydroxyl groups is 1. The van der Waals surface area contributed by atoms with Crippen LogP contribution in [0.3, 0.4) is 0 Å². The molecule has 1 aromatic rings. The number of halogens is 1. The molecule has 0 saturated carbocycles. The van der Waals surface area contributed by atoms with Gasteiger partial charge in [0, 0.05) is 5.02 Å². The Balaban J connectivity index is 2.41. The van der Waals surface area contributed by atoms with Gasteiger partial charge in [-0.15, -0.1) is 0 Å². The van der Waals surface area contributed by atoms with Crippen LogP contribution in [-0.2, 0) is 12.8 Å². The number of aryl methyl sites for hydroxylation is 1. The van der Waals surface area contributed by atoms with E-state index in [-0.39, 0.29) is 12.6 Å². The second kappa shape index (κ2) is 3.89. The highest BCUT2D eigenvalue weighted by atomic mass is 35.5. The fourth-order valence-electron chi connectivity index (χ4n) is 1.99. The molecule has 0 unspecified atom stereocenters. The summed E-state index contributed by atoms with van der Waals surface area (Å²) in [6.45, 7) is -0.0326. The Labute approximate surface area is 88.7 Å². The van der Waals surface area contributed by atoms with Crippen LogP contribution in [0.15, 0.2) is 12.1 Å². The van der Waals surface area contributed by atoms with E-state index in [0.717, 1.165) is 23.4 Å². The lowest BCUT2D eigenvalue weighted by molar-refractivity contribution is 0.268. The summed E-state index contributed by atoms with van der Waals surface area (Å²) in [5.74, 6) is 0. The van der Waals surface area contributed by atoms with Crippen molar-refractivity contribution in [2.45, 2.75) is 25.3 Å². The van der Waals surface area contributed by atoms with Crippen LogP contribution in [0.1, 0.15) is 29.2 Å². The third-order valence-electron chi connectivity index (χ3n) is 2.81. The summed E-state index contributed by atoms with van der Waals surface area (Å²) >= 11 is 6.14. The molecule has 1 aliphatic rings. The van der Waals surface area contributed by atoms with E-state index in [1.54, 1.807) is 0 Å². The predicted octanol–water partition coefficient (Wildman–Crippen LogP) is 1.82. The Bertz CT molecular complexity index is 351. The zero-order chi connectivity index (χ0) is 10.1. The fourth-order valence-corrected chi connectivity index (χ4v) is 2.34. The van der Waals surface area contributed by atoms with Gasteiger partial charge >= 0.3 is 0 Å². The lowest BCUT2D eigenvalue weighted by Crippen LogP contribution is -2.14. The second-order valence-corrected chi connectivity index (χ2v) is 4.19. The van der Waals surface area contributed by atoms with Crippen LogP contribution in [-0.4, -0.2) is 11.7 Å². The van der Waals surface area contributed by atoms with E-state index in [0.29, 0.717) is 0 Å². The Morgan fingerprint density at radius 2 is 2.21 bits per heavy atom. The lowest BCUT2D eigenvalue weighted by Gasteiger charge is -2.12. The molecule has 1 atom stereocenters. The molecule has 1 aliphatic carbocycles. The average molecular weight is 212 g/mol. The molecule has 0 fully saturated rings. The average Bonchev–Trinajstić information content (AvgIpc) is 2.64.